The molecule has 1 atom stereocenters. The van der Waals surface area contributed by atoms with Gasteiger partial charge in [0.15, 0.2) is 0 Å². The summed E-state index contributed by atoms with van der Waals surface area (Å²) in [6, 6.07) is 1.68. The lowest BCUT2D eigenvalue weighted by Gasteiger charge is -2.18. The summed E-state index contributed by atoms with van der Waals surface area (Å²) in [4.78, 5) is 9.17. The Bertz CT molecular complexity index is 423. The maximum absolute atomic E-state index is 12.2. The molecular weight excluding hydrogens is 259 g/mol. The van der Waals surface area contributed by atoms with Crippen LogP contribution in [-0.4, -0.2) is 47.2 Å². The molecule has 0 aromatic carbocycles. The van der Waals surface area contributed by atoms with Gasteiger partial charge in [0.25, 0.3) is 0 Å². The van der Waals surface area contributed by atoms with Crippen LogP contribution in [0.1, 0.15) is 6.42 Å². The van der Waals surface area contributed by atoms with Crippen molar-refractivity contribution < 1.29 is 13.2 Å². The molecule has 0 saturated carbocycles. The SMILES string of the molecule is Nc1nccc(NCC2CCN(CC(F)(F)F)C2)n1. The van der Waals surface area contributed by atoms with Crippen LogP contribution in [0.2, 0.25) is 0 Å². The Morgan fingerprint density at radius 2 is 2.26 bits per heavy atom. The average molecular weight is 275 g/mol. The predicted octanol–water partition coefficient (Wildman–Crippen LogP) is 1.35. The molecule has 1 aliphatic heterocycles. The number of nitrogens with zero attached hydrogens (tertiary/aromatic N) is 3. The Kier molecular flexibility index (Phi) is 4.08. The Labute approximate surface area is 109 Å². The molecule has 1 aromatic rings. The van der Waals surface area contributed by atoms with Gasteiger partial charge in [0.05, 0.1) is 6.54 Å². The van der Waals surface area contributed by atoms with E-state index < -0.39 is 12.7 Å². The lowest BCUT2D eigenvalue weighted by Crippen LogP contribution is -2.33. The summed E-state index contributed by atoms with van der Waals surface area (Å²) in [5.74, 6) is 0.968. The predicted molar refractivity (Wildman–Crippen MR) is 65.5 cm³/mol. The highest BCUT2D eigenvalue weighted by Gasteiger charge is 2.34. The maximum Gasteiger partial charge on any atom is 0.401 e. The van der Waals surface area contributed by atoms with Crippen LogP contribution >= 0.6 is 0 Å². The summed E-state index contributed by atoms with van der Waals surface area (Å²) in [5.41, 5.74) is 5.44. The molecule has 0 radical (unpaired) electrons. The van der Waals surface area contributed by atoms with Crippen LogP contribution in [0.5, 0.6) is 0 Å². The van der Waals surface area contributed by atoms with Crippen LogP contribution in [0.3, 0.4) is 0 Å². The highest BCUT2D eigenvalue weighted by Crippen LogP contribution is 2.22. The minimum atomic E-state index is -4.12. The van der Waals surface area contributed by atoms with Gasteiger partial charge in [-0.2, -0.15) is 18.2 Å². The van der Waals surface area contributed by atoms with Crippen molar-refractivity contribution in [3.63, 3.8) is 0 Å². The van der Waals surface area contributed by atoms with E-state index >= 15 is 0 Å². The molecule has 8 heteroatoms. The Balaban J connectivity index is 1.76. The largest absolute Gasteiger partial charge is 0.401 e. The molecule has 1 unspecified atom stereocenters. The van der Waals surface area contributed by atoms with Crippen molar-refractivity contribution in [3.05, 3.63) is 12.3 Å². The molecule has 0 bridgehead atoms. The summed E-state index contributed by atoms with van der Waals surface area (Å²) in [7, 11) is 0. The van der Waals surface area contributed by atoms with E-state index in [4.69, 9.17) is 5.73 Å². The maximum atomic E-state index is 12.2. The smallest absolute Gasteiger partial charge is 0.370 e. The second-order valence-corrected chi connectivity index (χ2v) is 4.69. The van der Waals surface area contributed by atoms with Gasteiger partial charge in [-0.1, -0.05) is 0 Å². The topological polar surface area (TPSA) is 67.1 Å². The van der Waals surface area contributed by atoms with Crippen LogP contribution in [0.4, 0.5) is 24.9 Å². The zero-order valence-electron chi connectivity index (χ0n) is 10.3. The van der Waals surface area contributed by atoms with Gasteiger partial charge < -0.3 is 11.1 Å². The quantitative estimate of drug-likeness (QED) is 0.868. The Morgan fingerprint density at radius 1 is 1.47 bits per heavy atom. The number of rotatable bonds is 4. The van der Waals surface area contributed by atoms with Gasteiger partial charge in [0.2, 0.25) is 5.95 Å². The van der Waals surface area contributed by atoms with Gasteiger partial charge in [-0.25, -0.2) is 4.98 Å². The molecule has 0 aliphatic carbocycles. The second-order valence-electron chi connectivity index (χ2n) is 4.69. The highest BCUT2D eigenvalue weighted by molar-refractivity contribution is 5.37. The molecule has 0 amide bonds. The van der Waals surface area contributed by atoms with Gasteiger partial charge in [-0.3, -0.25) is 4.90 Å². The molecular formula is C11H16F3N5. The molecule has 19 heavy (non-hydrogen) atoms. The molecule has 2 heterocycles. The fourth-order valence-electron chi connectivity index (χ4n) is 2.20. The lowest BCUT2D eigenvalue weighted by molar-refractivity contribution is -0.143. The molecule has 1 fully saturated rings. The fraction of sp³-hybridized carbons (Fsp3) is 0.636. The van der Waals surface area contributed by atoms with Gasteiger partial charge in [-0.05, 0) is 24.9 Å². The van der Waals surface area contributed by atoms with Crippen molar-refractivity contribution in [2.45, 2.75) is 12.6 Å². The van der Waals surface area contributed by atoms with Crippen molar-refractivity contribution >= 4 is 11.8 Å². The number of nitrogen functional groups attached to an aromatic ring is 1. The average Bonchev–Trinajstić information content (AvgIpc) is 2.72. The zero-order valence-corrected chi connectivity index (χ0v) is 10.3. The summed E-state index contributed by atoms with van der Waals surface area (Å²) in [5, 5.41) is 3.07. The van der Waals surface area contributed by atoms with E-state index in [0.717, 1.165) is 6.42 Å². The van der Waals surface area contributed by atoms with E-state index in [2.05, 4.69) is 15.3 Å². The van der Waals surface area contributed by atoms with E-state index in [1.54, 1.807) is 6.07 Å². The van der Waals surface area contributed by atoms with Crippen LogP contribution in [0, 0.1) is 5.92 Å². The summed E-state index contributed by atoms with van der Waals surface area (Å²) >= 11 is 0. The van der Waals surface area contributed by atoms with Crippen LogP contribution in [0.25, 0.3) is 0 Å². The van der Waals surface area contributed by atoms with Gasteiger partial charge in [0, 0.05) is 19.3 Å². The third-order valence-electron chi connectivity index (χ3n) is 3.02. The first-order chi connectivity index (χ1) is 8.92. The van der Waals surface area contributed by atoms with E-state index in [1.165, 1.54) is 11.1 Å². The molecule has 0 spiro atoms. The van der Waals surface area contributed by atoms with Gasteiger partial charge in [-0.15, -0.1) is 0 Å². The van der Waals surface area contributed by atoms with E-state index in [9.17, 15) is 13.2 Å². The summed E-state index contributed by atoms with van der Waals surface area (Å²) < 4.78 is 36.7. The van der Waals surface area contributed by atoms with E-state index in [-0.39, 0.29) is 11.9 Å². The number of anilines is 2. The van der Waals surface area contributed by atoms with Crippen molar-refractivity contribution in [1.29, 1.82) is 0 Å². The Morgan fingerprint density at radius 3 is 2.95 bits per heavy atom. The standard InChI is InChI=1S/C11H16F3N5/c12-11(13,14)7-19-4-2-8(6-19)5-17-9-1-3-16-10(15)18-9/h1,3,8H,2,4-7H2,(H3,15,16,17,18). The monoisotopic (exact) mass is 275 g/mol. The molecule has 5 nitrogen and oxygen atoms in total. The number of halogens is 3. The first-order valence-corrected chi connectivity index (χ1v) is 6.04. The number of alkyl halides is 3. The number of aromatic nitrogens is 2. The number of nitrogens with one attached hydrogen (secondary N) is 1. The van der Waals surface area contributed by atoms with Gasteiger partial charge in [0.1, 0.15) is 5.82 Å². The summed E-state index contributed by atoms with van der Waals surface area (Å²) in [6.07, 6.45) is -1.83. The minimum Gasteiger partial charge on any atom is -0.370 e. The van der Waals surface area contributed by atoms with Crippen molar-refractivity contribution in [2.75, 3.05) is 37.2 Å². The highest BCUT2D eigenvalue weighted by atomic mass is 19.4. The number of nitrogens with two attached hydrogens (primary N) is 1. The second kappa shape index (κ2) is 5.60. The van der Waals surface area contributed by atoms with Gasteiger partial charge >= 0.3 is 6.18 Å². The minimum absolute atomic E-state index is 0.176. The van der Waals surface area contributed by atoms with Crippen molar-refractivity contribution in [2.24, 2.45) is 5.92 Å². The Hall–Kier alpha value is -1.57. The van der Waals surface area contributed by atoms with Crippen LogP contribution in [-0.2, 0) is 0 Å². The first kappa shape index (κ1) is 13.9. The molecule has 3 N–H and O–H groups in total. The normalized spacial score (nSPS) is 20.7. The molecule has 1 aromatic heterocycles. The first-order valence-electron chi connectivity index (χ1n) is 6.04. The van der Waals surface area contributed by atoms with Crippen molar-refractivity contribution in [3.8, 4) is 0 Å². The molecule has 1 saturated heterocycles. The van der Waals surface area contributed by atoms with E-state index in [1.807, 2.05) is 0 Å². The third-order valence-corrected chi connectivity index (χ3v) is 3.02. The van der Waals surface area contributed by atoms with Crippen LogP contribution < -0.4 is 11.1 Å². The molecule has 2 rings (SSSR count). The summed E-state index contributed by atoms with van der Waals surface area (Å²) in [6.45, 7) is 0.694. The molecule has 1 aliphatic rings. The number of likely N-dealkylation sites (tertiary alicyclic amines) is 1. The number of hydrogen-bond donors (Lipinski definition) is 2. The van der Waals surface area contributed by atoms with Crippen LogP contribution in [0.15, 0.2) is 12.3 Å². The molecule has 106 valence electrons. The van der Waals surface area contributed by atoms with Crippen molar-refractivity contribution in [1.82, 2.24) is 14.9 Å². The third kappa shape index (κ3) is 4.55. The zero-order chi connectivity index (χ0) is 13.9. The fourth-order valence-corrected chi connectivity index (χ4v) is 2.20. The lowest BCUT2D eigenvalue weighted by atomic mass is 10.1. The number of hydrogen-bond acceptors (Lipinski definition) is 5. The van der Waals surface area contributed by atoms with E-state index in [0.29, 0.717) is 25.5 Å².